The molecule has 5 amide bonds. The van der Waals surface area contributed by atoms with Crippen molar-refractivity contribution in [2.45, 2.75) is 6.92 Å². The highest BCUT2D eigenvalue weighted by Gasteiger charge is 2.20. The van der Waals surface area contributed by atoms with Gasteiger partial charge in [-0.1, -0.05) is 36.4 Å². The van der Waals surface area contributed by atoms with E-state index in [9.17, 15) is 86.8 Å². The van der Waals surface area contributed by atoms with E-state index < -0.39 is 60.3 Å². The van der Waals surface area contributed by atoms with E-state index in [4.69, 9.17) is 28.8 Å². The summed E-state index contributed by atoms with van der Waals surface area (Å²) in [5.74, 6) is -3.25. The van der Waals surface area contributed by atoms with Gasteiger partial charge in [-0.05, 0) is 216 Å². The Morgan fingerprint density at radius 2 is 0.643 bits per heavy atom. The van der Waals surface area contributed by atoms with Crippen molar-refractivity contribution in [3.05, 3.63) is 353 Å². The number of methoxy groups -OCH3 is 1. The number of nitrogens with zero attached hydrogens (tertiary/aromatic N) is 4. The van der Waals surface area contributed by atoms with Crippen molar-refractivity contribution in [1.82, 2.24) is 0 Å². The molecule has 12 aromatic carbocycles. The largest absolute Gasteiger partial charge is 0.453 e. The Bertz CT molecular complexity index is 5470. The summed E-state index contributed by atoms with van der Waals surface area (Å²) in [7, 11) is 1.25. The highest BCUT2D eigenvalue weighted by atomic mass is 35.5. The fraction of sp³-hybridized carbons (Fsp3) is 0.0250. The first-order valence-electron chi connectivity index (χ1n) is 32.5. The number of carbonyl (C=O) groups excluding carboxylic acids is 6. The Labute approximate surface area is 637 Å². The standard InChI is InChI=1S/C23H20FN3O4.C19H12FN3O5.C19H16FN3O.C12H9N3O4.C7H4ClFO/c1-14(28)25-18-9-5-15(6-10-18)20-12-11-19(26-23(30)31-2)13-21(20)27-22(29)16-3-7-17(24)8-4-16;20-14-5-1-13(2-6-14)19(24)21-18-11-16(23(27)28)9-10-17(18)12-3-7-15(8-4-12)22(25)26;20-14-5-1-13(2-6-14)19(24)23-18-11-16(22)9-10-17(18)12-3-7-15(21)8-4-12;13-12-7-10(15(18)19)5-6-11(12)8-1-3-9(4-2-8)14(16)17;8-7(10)5-1-3-6(9)4-2-5/h3-13H,1-2H3,(H,25,28)(H,26,30)(H,27,29);1-11H,(H,21,24);1-11H,21-22H2,(H,23,24);1-7H,13H2;1-4H. The lowest BCUT2D eigenvalue weighted by Gasteiger charge is -2.14. The Morgan fingerprint density at radius 3 is 1.02 bits per heavy atom. The maximum absolute atomic E-state index is 13.2. The predicted octanol–water partition coefficient (Wildman–Crippen LogP) is 18.3. The Morgan fingerprint density at radius 1 is 0.339 bits per heavy atom. The summed E-state index contributed by atoms with van der Waals surface area (Å²) in [4.78, 5) is 112. The number of halogens is 5. The fourth-order valence-corrected chi connectivity index (χ4v) is 10.2. The number of rotatable bonds is 17. The number of non-ortho nitro benzene ring substituents is 4. The second-order valence-electron chi connectivity index (χ2n) is 23.3. The molecule has 0 aliphatic carbocycles. The number of nitrogens with two attached hydrogens (primary N) is 3. The number of benzene rings is 12. The van der Waals surface area contributed by atoms with Crippen LogP contribution in [0.3, 0.4) is 0 Å². The normalized spacial score (nSPS) is 10.2. The molecule has 0 unspecified atom stereocenters. The Balaban J connectivity index is 0.000000182. The minimum absolute atomic E-state index is 0.0239. The van der Waals surface area contributed by atoms with Crippen LogP contribution >= 0.6 is 11.6 Å². The lowest BCUT2D eigenvalue weighted by molar-refractivity contribution is -0.385. The van der Waals surface area contributed by atoms with Crippen LogP contribution < -0.4 is 43.8 Å². The van der Waals surface area contributed by atoms with Crippen LogP contribution in [0, 0.1) is 63.7 Å². The minimum atomic E-state index is -0.650. The van der Waals surface area contributed by atoms with E-state index in [1.165, 1.54) is 172 Å². The van der Waals surface area contributed by atoms with Crippen LogP contribution in [0.1, 0.15) is 48.4 Å². The number of nitro groups is 4. The molecule has 0 saturated carbocycles. The van der Waals surface area contributed by atoms with Gasteiger partial charge in [0, 0.05) is 128 Å². The maximum atomic E-state index is 13.2. The molecule has 27 nitrogen and oxygen atoms in total. The first-order valence-corrected chi connectivity index (χ1v) is 32.9. The summed E-state index contributed by atoms with van der Waals surface area (Å²) in [6, 6.07) is 64.4. The molecule has 566 valence electrons. The van der Waals surface area contributed by atoms with Gasteiger partial charge >= 0.3 is 6.09 Å². The first-order chi connectivity index (χ1) is 53.4. The molecule has 0 fully saturated rings. The van der Waals surface area contributed by atoms with Gasteiger partial charge in [0.25, 0.3) is 45.7 Å². The highest BCUT2D eigenvalue weighted by Crippen LogP contribution is 2.37. The second kappa shape index (κ2) is 38.7. The van der Waals surface area contributed by atoms with E-state index in [0.29, 0.717) is 73.1 Å². The van der Waals surface area contributed by atoms with Gasteiger partial charge in [0.05, 0.1) is 43.9 Å². The molecule has 112 heavy (non-hydrogen) atoms. The third-order valence-electron chi connectivity index (χ3n) is 15.6. The monoisotopic (exact) mass is 1540 g/mol. The van der Waals surface area contributed by atoms with Crippen LogP contribution in [0.4, 0.5) is 90.6 Å². The molecule has 12 rings (SSSR count). The van der Waals surface area contributed by atoms with Crippen molar-refractivity contribution in [3.63, 3.8) is 0 Å². The lowest BCUT2D eigenvalue weighted by atomic mass is 10.0. The van der Waals surface area contributed by atoms with Crippen LogP contribution in [0.2, 0.25) is 0 Å². The zero-order chi connectivity index (χ0) is 81.3. The quantitative estimate of drug-likeness (QED) is 0.0138. The number of ether oxygens (including phenoxy) is 1. The van der Waals surface area contributed by atoms with Gasteiger partial charge in [-0.3, -0.25) is 69.7 Å². The molecule has 11 N–H and O–H groups in total. The number of nitro benzene ring substituents is 4. The van der Waals surface area contributed by atoms with Gasteiger partial charge in [-0.15, -0.1) is 0 Å². The van der Waals surface area contributed by atoms with Crippen molar-refractivity contribution < 1.29 is 70.8 Å². The molecular formula is C80H61ClF4N12O15. The molecule has 0 aliphatic rings. The first kappa shape index (κ1) is 82.1. The molecule has 0 spiro atoms. The zero-order valence-corrected chi connectivity index (χ0v) is 59.2. The van der Waals surface area contributed by atoms with Crippen LogP contribution in [0.25, 0.3) is 44.5 Å². The molecule has 0 aromatic heterocycles. The molecule has 0 radical (unpaired) electrons. The molecule has 0 bridgehead atoms. The van der Waals surface area contributed by atoms with Gasteiger partial charge in [-0.2, -0.15) is 0 Å². The van der Waals surface area contributed by atoms with Crippen molar-refractivity contribution >= 4 is 115 Å². The topological polar surface area (TPSA) is 422 Å². The van der Waals surface area contributed by atoms with E-state index in [1.807, 2.05) is 18.2 Å². The second-order valence-corrected chi connectivity index (χ2v) is 23.7. The summed E-state index contributed by atoms with van der Waals surface area (Å²) < 4.78 is 56.0. The molecular weight excluding hydrogens is 1480 g/mol. The molecule has 0 heterocycles. The van der Waals surface area contributed by atoms with E-state index in [0.717, 1.165) is 28.8 Å². The molecule has 0 aliphatic heterocycles. The third-order valence-corrected chi connectivity index (χ3v) is 15.8. The SMILES string of the molecule is COC(=O)Nc1ccc(-c2ccc(NC(C)=O)cc2)c(NC(=O)c2ccc(F)cc2)c1.Nc1cc([N+](=O)[O-])ccc1-c1ccc([N+](=O)[O-])cc1.Nc1ccc(-c2ccc(N)cc2NC(=O)c2ccc(F)cc2)cc1.O=C(Cl)c1ccc(F)cc1.O=C(Nc1cc([N+](=O)[O-])ccc1-c1ccc([N+](=O)[O-])cc1)c1ccc(F)cc1. The summed E-state index contributed by atoms with van der Waals surface area (Å²) in [6.45, 7) is 1.42. The van der Waals surface area contributed by atoms with Gasteiger partial charge < -0.3 is 43.2 Å². The number of hydrogen-bond donors (Lipinski definition) is 8. The van der Waals surface area contributed by atoms with E-state index >= 15 is 0 Å². The number of amides is 5. The number of nitrogens with one attached hydrogen (secondary N) is 5. The van der Waals surface area contributed by atoms with Crippen molar-refractivity contribution in [3.8, 4) is 44.5 Å². The van der Waals surface area contributed by atoms with Gasteiger partial charge in [0.2, 0.25) is 5.91 Å². The molecule has 12 aromatic rings. The van der Waals surface area contributed by atoms with E-state index in [-0.39, 0.29) is 62.9 Å². The smallest absolute Gasteiger partial charge is 0.411 e. The van der Waals surface area contributed by atoms with Gasteiger partial charge in [0.1, 0.15) is 23.3 Å². The number of anilines is 8. The Kier molecular flexibility index (Phi) is 28.3. The average Bonchev–Trinajstić information content (AvgIpc) is 0.792. The van der Waals surface area contributed by atoms with Gasteiger partial charge in [-0.25, -0.2) is 22.4 Å². The maximum Gasteiger partial charge on any atom is 0.411 e. The lowest BCUT2D eigenvalue weighted by Crippen LogP contribution is -2.14. The van der Waals surface area contributed by atoms with E-state index in [1.54, 1.807) is 78.9 Å². The van der Waals surface area contributed by atoms with Crippen LogP contribution in [0.15, 0.2) is 267 Å². The Hall–Kier alpha value is -15.5. The average molecular weight is 1540 g/mol. The summed E-state index contributed by atoms with van der Waals surface area (Å²) in [5, 5.41) is 55.9. The number of hydrogen-bond acceptors (Lipinski definition) is 18. The highest BCUT2D eigenvalue weighted by molar-refractivity contribution is 6.67. The molecule has 0 atom stereocenters. The van der Waals surface area contributed by atoms with Crippen molar-refractivity contribution in [2.75, 3.05) is 50.9 Å². The number of carbonyl (C=O) groups is 6. The third kappa shape index (κ3) is 23.7. The summed E-state index contributed by atoms with van der Waals surface area (Å²) in [5.41, 5.74) is 27.0. The minimum Gasteiger partial charge on any atom is -0.453 e. The zero-order valence-electron chi connectivity index (χ0n) is 58.4. The van der Waals surface area contributed by atoms with Crippen molar-refractivity contribution in [2.24, 2.45) is 0 Å². The predicted molar refractivity (Wildman–Crippen MR) is 417 cm³/mol. The molecule has 0 saturated heterocycles. The van der Waals surface area contributed by atoms with Gasteiger partial charge in [0.15, 0.2) is 0 Å². The molecule has 32 heteroatoms. The van der Waals surface area contributed by atoms with Crippen LogP contribution in [-0.4, -0.2) is 61.8 Å². The summed E-state index contributed by atoms with van der Waals surface area (Å²) in [6.07, 6.45) is -0.650. The number of nitrogen functional groups attached to an aromatic ring is 3. The fourth-order valence-electron chi connectivity index (χ4n) is 10.1. The van der Waals surface area contributed by atoms with E-state index in [2.05, 4.69) is 31.3 Å². The van der Waals surface area contributed by atoms with Crippen molar-refractivity contribution in [1.29, 1.82) is 0 Å². The van der Waals surface area contributed by atoms with Crippen LogP contribution in [-0.2, 0) is 9.53 Å². The summed E-state index contributed by atoms with van der Waals surface area (Å²) >= 11 is 5.09. The van der Waals surface area contributed by atoms with Crippen LogP contribution in [0.5, 0.6) is 0 Å².